The summed E-state index contributed by atoms with van der Waals surface area (Å²) in [4.78, 5) is 12.5. The van der Waals surface area contributed by atoms with Gasteiger partial charge in [0.2, 0.25) is 0 Å². The molecule has 1 aliphatic heterocycles. The van der Waals surface area contributed by atoms with Crippen LogP contribution in [0.1, 0.15) is 43.7 Å². The van der Waals surface area contributed by atoms with Gasteiger partial charge in [0.25, 0.3) is 0 Å². The van der Waals surface area contributed by atoms with Crippen LogP contribution in [0.4, 0.5) is 0 Å². The second-order valence-corrected chi connectivity index (χ2v) is 7.29. The van der Waals surface area contributed by atoms with Crippen molar-refractivity contribution in [3.63, 3.8) is 0 Å². The van der Waals surface area contributed by atoms with Gasteiger partial charge in [0.1, 0.15) is 12.4 Å². The summed E-state index contributed by atoms with van der Waals surface area (Å²) in [6.07, 6.45) is 2.37. The fourth-order valence-corrected chi connectivity index (χ4v) is 3.20. The minimum Gasteiger partial charge on any atom is -0.476 e. The molecule has 0 amide bonds. The summed E-state index contributed by atoms with van der Waals surface area (Å²) >= 11 is 0. The van der Waals surface area contributed by atoms with Gasteiger partial charge in [-0.2, -0.15) is 0 Å². The monoisotopic (exact) mass is 353 g/mol. The van der Waals surface area contributed by atoms with Crippen molar-refractivity contribution in [2.75, 3.05) is 13.1 Å². The first-order valence-corrected chi connectivity index (χ1v) is 9.25. The molecule has 0 radical (unpaired) electrons. The number of carbonyl (C=O) groups excluding carboxylic acids is 1. The molecule has 1 aliphatic rings. The average molecular weight is 353 g/mol. The molecule has 1 saturated heterocycles. The molecule has 4 nitrogen and oxygen atoms in total. The van der Waals surface area contributed by atoms with E-state index in [2.05, 4.69) is 11.4 Å². The maximum atomic E-state index is 12.5. The fourth-order valence-electron chi connectivity index (χ4n) is 3.20. The number of ether oxygens (including phenoxy) is 2. The first-order chi connectivity index (χ1) is 12.5. The highest BCUT2D eigenvalue weighted by molar-refractivity contribution is 5.79. The molecule has 138 valence electrons. The molecule has 0 bridgehead atoms. The molecular weight excluding hydrogens is 326 g/mol. The van der Waals surface area contributed by atoms with Crippen molar-refractivity contribution >= 4 is 5.97 Å². The lowest BCUT2D eigenvalue weighted by molar-refractivity contribution is -0.160. The summed E-state index contributed by atoms with van der Waals surface area (Å²) < 4.78 is 11.4. The highest BCUT2D eigenvalue weighted by Crippen LogP contribution is 2.28. The van der Waals surface area contributed by atoms with Gasteiger partial charge in [0, 0.05) is 6.54 Å². The third-order valence-corrected chi connectivity index (χ3v) is 4.70. The Morgan fingerprint density at radius 2 is 1.96 bits per heavy atom. The average Bonchev–Trinajstić information content (AvgIpc) is 2.67. The van der Waals surface area contributed by atoms with Crippen LogP contribution >= 0.6 is 0 Å². The van der Waals surface area contributed by atoms with E-state index in [1.165, 1.54) is 18.4 Å². The number of piperidine rings is 1. The van der Waals surface area contributed by atoms with E-state index in [1.54, 1.807) is 13.8 Å². The van der Waals surface area contributed by atoms with Crippen LogP contribution in [0.25, 0.3) is 0 Å². The van der Waals surface area contributed by atoms with E-state index in [9.17, 15) is 4.79 Å². The largest absolute Gasteiger partial charge is 0.476 e. The summed E-state index contributed by atoms with van der Waals surface area (Å²) in [5, 5.41) is 3.44. The zero-order chi connectivity index (χ0) is 18.4. The Hall–Kier alpha value is -2.33. The maximum Gasteiger partial charge on any atom is 0.350 e. The van der Waals surface area contributed by atoms with Crippen LogP contribution in [0.2, 0.25) is 0 Å². The Balaban J connectivity index is 1.61. The molecule has 2 aromatic rings. The van der Waals surface area contributed by atoms with E-state index in [4.69, 9.17) is 9.47 Å². The lowest BCUT2D eigenvalue weighted by atomic mass is 9.91. The second-order valence-electron chi connectivity index (χ2n) is 7.29. The van der Waals surface area contributed by atoms with E-state index in [1.807, 2.05) is 48.5 Å². The molecule has 1 heterocycles. The van der Waals surface area contributed by atoms with Crippen molar-refractivity contribution in [1.29, 1.82) is 0 Å². The van der Waals surface area contributed by atoms with Crippen LogP contribution in [-0.4, -0.2) is 24.7 Å². The Labute approximate surface area is 155 Å². The summed E-state index contributed by atoms with van der Waals surface area (Å²) in [6, 6.07) is 17.7. The molecule has 4 heteroatoms. The van der Waals surface area contributed by atoms with Gasteiger partial charge in [-0.3, -0.25) is 0 Å². The molecule has 0 spiro atoms. The first kappa shape index (κ1) is 18.5. The normalized spacial score (nSPS) is 17.5. The Morgan fingerprint density at radius 1 is 1.15 bits per heavy atom. The van der Waals surface area contributed by atoms with Crippen molar-refractivity contribution < 1.29 is 14.3 Å². The smallest absolute Gasteiger partial charge is 0.350 e. The summed E-state index contributed by atoms with van der Waals surface area (Å²) in [5.41, 5.74) is 1.17. The van der Waals surface area contributed by atoms with Gasteiger partial charge in [-0.25, -0.2) is 4.79 Å². The molecular formula is C22H27NO3. The Morgan fingerprint density at radius 3 is 2.69 bits per heavy atom. The number of esters is 1. The highest BCUT2D eigenvalue weighted by Gasteiger charge is 2.32. The van der Waals surface area contributed by atoms with Crippen LogP contribution < -0.4 is 10.1 Å². The molecule has 0 unspecified atom stereocenters. The van der Waals surface area contributed by atoms with Gasteiger partial charge in [-0.05, 0) is 62.4 Å². The van der Waals surface area contributed by atoms with Crippen molar-refractivity contribution in [2.45, 2.75) is 44.8 Å². The van der Waals surface area contributed by atoms with Crippen molar-refractivity contribution in [2.24, 2.45) is 0 Å². The van der Waals surface area contributed by atoms with Crippen LogP contribution in [0.5, 0.6) is 5.75 Å². The van der Waals surface area contributed by atoms with Crippen LogP contribution in [0.15, 0.2) is 54.6 Å². The third kappa shape index (κ3) is 4.85. The molecule has 1 fully saturated rings. The van der Waals surface area contributed by atoms with Gasteiger partial charge in [0.05, 0.1) is 0 Å². The van der Waals surface area contributed by atoms with Gasteiger partial charge in [-0.1, -0.05) is 42.5 Å². The third-order valence-electron chi connectivity index (χ3n) is 4.70. The standard InChI is InChI=1S/C22H27NO3/c1-22(2,21(24)25-16-17-8-4-3-5-9-17)26-20-12-6-10-18(14-20)19-11-7-13-23-15-19/h3-6,8-10,12,14,19,23H,7,11,13,15-16H2,1-2H3/t19-/m1/s1. The minimum atomic E-state index is -1.04. The van der Waals surface area contributed by atoms with Crippen molar-refractivity contribution in [1.82, 2.24) is 5.32 Å². The van der Waals surface area contributed by atoms with Crippen molar-refractivity contribution in [3.05, 3.63) is 65.7 Å². The number of benzene rings is 2. The summed E-state index contributed by atoms with van der Waals surface area (Å²) in [7, 11) is 0. The van der Waals surface area contributed by atoms with Gasteiger partial charge in [-0.15, -0.1) is 0 Å². The highest BCUT2D eigenvalue weighted by atomic mass is 16.6. The Bertz CT molecular complexity index is 721. The first-order valence-electron chi connectivity index (χ1n) is 9.25. The number of rotatable bonds is 6. The maximum absolute atomic E-state index is 12.5. The van der Waals surface area contributed by atoms with E-state index >= 15 is 0 Å². The number of hydrogen-bond acceptors (Lipinski definition) is 4. The topological polar surface area (TPSA) is 47.6 Å². The van der Waals surface area contributed by atoms with Crippen LogP contribution in [-0.2, 0) is 16.1 Å². The van der Waals surface area contributed by atoms with Gasteiger partial charge in [0.15, 0.2) is 5.60 Å². The second kappa shape index (κ2) is 8.37. The predicted molar refractivity (Wildman–Crippen MR) is 102 cm³/mol. The van der Waals surface area contributed by atoms with E-state index in [-0.39, 0.29) is 12.6 Å². The van der Waals surface area contributed by atoms with Gasteiger partial charge < -0.3 is 14.8 Å². The van der Waals surface area contributed by atoms with Gasteiger partial charge >= 0.3 is 5.97 Å². The SMILES string of the molecule is CC(C)(Oc1cccc([C@@H]2CCCNC2)c1)C(=O)OCc1ccccc1. The predicted octanol–water partition coefficient (Wildman–Crippen LogP) is 4.05. The summed E-state index contributed by atoms with van der Waals surface area (Å²) in [5.74, 6) is 0.835. The van der Waals surface area contributed by atoms with Crippen LogP contribution in [0, 0.1) is 0 Å². The summed E-state index contributed by atoms with van der Waals surface area (Å²) in [6.45, 7) is 5.82. The molecule has 26 heavy (non-hydrogen) atoms. The number of nitrogens with one attached hydrogen (secondary N) is 1. The molecule has 0 aliphatic carbocycles. The lowest BCUT2D eigenvalue weighted by Gasteiger charge is -2.26. The number of carbonyl (C=O) groups is 1. The lowest BCUT2D eigenvalue weighted by Crippen LogP contribution is -2.39. The van der Waals surface area contributed by atoms with E-state index < -0.39 is 5.60 Å². The fraction of sp³-hybridized carbons (Fsp3) is 0.409. The molecule has 3 rings (SSSR count). The quantitative estimate of drug-likeness (QED) is 0.796. The van der Waals surface area contributed by atoms with Crippen molar-refractivity contribution in [3.8, 4) is 5.75 Å². The molecule has 1 N–H and O–H groups in total. The zero-order valence-corrected chi connectivity index (χ0v) is 15.5. The Kier molecular flexibility index (Phi) is 5.94. The number of hydrogen-bond donors (Lipinski definition) is 1. The van der Waals surface area contributed by atoms with E-state index in [0.717, 1.165) is 18.7 Å². The zero-order valence-electron chi connectivity index (χ0n) is 15.5. The molecule has 0 saturated carbocycles. The van der Waals surface area contributed by atoms with E-state index in [0.29, 0.717) is 11.7 Å². The van der Waals surface area contributed by atoms with Crippen LogP contribution in [0.3, 0.4) is 0 Å². The molecule has 1 atom stereocenters. The minimum absolute atomic E-state index is 0.250. The molecule has 2 aromatic carbocycles. The molecule has 0 aromatic heterocycles.